The number of carbonyl (C=O) groups excluding carboxylic acids is 1. The number of nitrogens with zero attached hydrogens (tertiary/aromatic N) is 1. The van der Waals surface area contributed by atoms with Gasteiger partial charge in [0.2, 0.25) is 5.91 Å². The molecule has 6 nitrogen and oxygen atoms in total. The number of carboxylic acid groups (broad SMARTS) is 1. The molecular weight excluding hydrogens is 210 g/mol. The van der Waals surface area contributed by atoms with Crippen LogP contribution in [-0.4, -0.2) is 27.2 Å². The van der Waals surface area contributed by atoms with E-state index in [1.807, 2.05) is 6.92 Å². The quantitative estimate of drug-likeness (QED) is 0.684. The Bertz CT molecular complexity index is 401. The van der Waals surface area contributed by atoms with Gasteiger partial charge in [-0.3, -0.25) is 14.7 Å². The molecule has 1 unspecified atom stereocenters. The smallest absolute Gasteiger partial charge is 0.307 e. The lowest BCUT2D eigenvalue weighted by atomic mass is 10.2. The lowest BCUT2D eigenvalue weighted by molar-refractivity contribution is -0.140. The standard InChI is InChI=1S/C10H13N3O3/c1-5(6-3-11-12-4-6)13-9(14)7-2-8(7)10(15)16/h3-5,7-8H,2H2,1H3,(H,11,12)(H,13,14)(H,15,16)/t5?,7-,8+/m1/s1. The summed E-state index contributed by atoms with van der Waals surface area (Å²) in [6, 6.07) is -0.152. The Morgan fingerprint density at radius 2 is 2.38 bits per heavy atom. The van der Waals surface area contributed by atoms with E-state index in [9.17, 15) is 9.59 Å². The Morgan fingerprint density at radius 3 is 2.88 bits per heavy atom. The molecule has 0 spiro atoms. The highest BCUT2D eigenvalue weighted by Gasteiger charge is 2.48. The van der Waals surface area contributed by atoms with Crippen LogP contribution in [0.4, 0.5) is 0 Å². The highest BCUT2D eigenvalue weighted by molar-refractivity contribution is 5.89. The molecule has 2 rings (SSSR count). The van der Waals surface area contributed by atoms with Crippen molar-refractivity contribution in [1.82, 2.24) is 15.5 Å². The van der Waals surface area contributed by atoms with Crippen LogP contribution < -0.4 is 5.32 Å². The zero-order valence-electron chi connectivity index (χ0n) is 8.80. The van der Waals surface area contributed by atoms with Gasteiger partial charge in [-0.05, 0) is 13.3 Å². The second-order valence-electron chi connectivity index (χ2n) is 4.05. The summed E-state index contributed by atoms with van der Waals surface area (Å²) in [7, 11) is 0. The number of aromatic amines is 1. The predicted octanol–water partition coefficient (Wildman–Crippen LogP) is 0.308. The lowest BCUT2D eigenvalue weighted by Crippen LogP contribution is -2.29. The van der Waals surface area contributed by atoms with Gasteiger partial charge >= 0.3 is 5.97 Å². The van der Waals surface area contributed by atoms with E-state index in [4.69, 9.17) is 5.11 Å². The van der Waals surface area contributed by atoms with Gasteiger partial charge in [-0.2, -0.15) is 5.10 Å². The molecule has 1 fully saturated rings. The molecule has 0 aromatic carbocycles. The number of carboxylic acids is 1. The Labute approximate surface area is 92.0 Å². The van der Waals surface area contributed by atoms with Crippen molar-refractivity contribution in [1.29, 1.82) is 0 Å². The number of hydrogen-bond donors (Lipinski definition) is 3. The van der Waals surface area contributed by atoms with Crippen LogP contribution in [0.25, 0.3) is 0 Å². The van der Waals surface area contributed by atoms with Crippen molar-refractivity contribution in [2.45, 2.75) is 19.4 Å². The fraction of sp³-hybridized carbons (Fsp3) is 0.500. The molecule has 0 radical (unpaired) electrons. The third-order valence-electron chi connectivity index (χ3n) is 2.82. The van der Waals surface area contributed by atoms with Crippen molar-refractivity contribution in [3.63, 3.8) is 0 Å². The summed E-state index contributed by atoms with van der Waals surface area (Å²) < 4.78 is 0. The molecule has 1 aromatic heterocycles. The number of H-pyrrole nitrogens is 1. The maximum atomic E-state index is 11.6. The van der Waals surface area contributed by atoms with Crippen molar-refractivity contribution in [3.8, 4) is 0 Å². The minimum atomic E-state index is -0.892. The van der Waals surface area contributed by atoms with Gasteiger partial charge in [0.25, 0.3) is 0 Å². The first-order valence-electron chi connectivity index (χ1n) is 5.11. The van der Waals surface area contributed by atoms with Gasteiger partial charge in [0, 0.05) is 11.8 Å². The van der Waals surface area contributed by atoms with E-state index in [0.717, 1.165) is 5.56 Å². The summed E-state index contributed by atoms with van der Waals surface area (Å²) in [6.07, 6.45) is 3.78. The second kappa shape index (κ2) is 3.96. The van der Waals surface area contributed by atoms with Crippen LogP contribution in [0.3, 0.4) is 0 Å². The van der Waals surface area contributed by atoms with Crippen molar-refractivity contribution >= 4 is 11.9 Å². The maximum Gasteiger partial charge on any atom is 0.307 e. The fourth-order valence-corrected chi connectivity index (χ4v) is 1.66. The highest BCUT2D eigenvalue weighted by atomic mass is 16.4. The van der Waals surface area contributed by atoms with E-state index in [-0.39, 0.29) is 17.9 Å². The Hall–Kier alpha value is -1.85. The first-order chi connectivity index (χ1) is 7.59. The molecule has 1 amide bonds. The van der Waals surface area contributed by atoms with Gasteiger partial charge in [0.15, 0.2) is 0 Å². The zero-order chi connectivity index (χ0) is 11.7. The molecule has 0 bridgehead atoms. The molecule has 3 atom stereocenters. The molecule has 1 aliphatic carbocycles. The van der Waals surface area contributed by atoms with Crippen molar-refractivity contribution in [2.75, 3.05) is 0 Å². The van der Waals surface area contributed by atoms with E-state index < -0.39 is 11.9 Å². The number of carbonyl (C=O) groups is 2. The average molecular weight is 223 g/mol. The van der Waals surface area contributed by atoms with E-state index in [2.05, 4.69) is 15.5 Å². The molecule has 86 valence electrons. The topological polar surface area (TPSA) is 95.1 Å². The second-order valence-corrected chi connectivity index (χ2v) is 4.05. The summed E-state index contributed by atoms with van der Waals surface area (Å²) >= 11 is 0. The van der Waals surface area contributed by atoms with E-state index in [1.165, 1.54) is 0 Å². The van der Waals surface area contributed by atoms with Gasteiger partial charge in [-0.15, -0.1) is 0 Å². The van der Waals surface area contributed by atoms with Crippen LogP contribution >= 0.6 is 0 Å². The van der Waals surface area contributed by atoms with Gasteiger partial charge < -0.3 is 10.4 Å². The SMILES string of the molecule is CC(NC(=O)[C@@H]1C[C@@H]1C(=O)O)c1cn[nH]c1. The van der Waals surface area contributed by atoms with Crippen LogP contribution in [0, 0.1) is 11.8 Å². The summed E-state index contributed by atoms with van der Waals surface area (Å²) in [5, 5.41) is 17.9. The molecular formula is C10H13N3O3. The van der Waals surface area contributed by atoms with Crippen LogP contribution in [0.2, 0.25) is 0 Å². The summed E-state index contributed by atoms with van der Waals surface area (Å²) in [5.74, 6) is -1.96. The maximum absolute atomic E-state index is 11.6. The van der Waals surface area contributed by atoms with Gasteiger partial charge in [0.05, 0.1) is 24.1 Å². The summed E-state index contributed by atoms with van der Waals surface area (Å²) in [5.41, 5.74) is 0.876. The minimum absolute atomic E-state index is 0.152. The molecule has 3 N–H and O–H groups in total. The molecule has 0 aliphatic heterocycles. The van der Waals surface area contributed by atoms with Crippen LogP contribution in [0.15, 0.2) is 12.4 Å². The molecule has 1 aliphatic rings. The number of aromatic nitrogens is 2. The number of aliphatic carboxylic acids is 1. The third-order valence-corrected chi connectivity index (χ3v) is 2.82. The first-order valence-corrected chi connectivity index (χ1v) is 5.11. The van der Waals surface area contributed by atoms with Crippen LogP contribution in [-0.2, 0) is 9.59 Å². The van der Waals surface area contributed by atoms with E-state index in [1.54, 1.807) is 12.4 Å². The van der Waals surface area contributed by atoms with Crippen molar-refractivity contribution in [2.24, 2.45) is 11.8 Å². The molecule has 1 aromatic rings. The largest absolute Gasteiger partial charge is 0.481 e. The normalized spacial score (nSPS) is 24.8. The Morgan fingerprint density at radius 1 is 1.62 bits per heavy atom. The number of amides is 1. The molecule has 1 heterocycles. The molecule has 16 heavy (non-hydrogen) atoms. The number of rotatable bonds is 4. The van der Waals surface area contributed by atoms with Gasteiger partial charge in [-0.1, -0.05) is 0 Å². The zero-order valence-corrected chi connectivity index (χ0v) is 8.80. The van der Waals surface area contributed by atoms with Gasteiger partial charge in [0.1, 0.15) is 0 Å². The monoisotopic (exact) mass is 223 g/mol. The number of nitrogens with one attached hydrogen (secondary N) is 2. The van der Waals surface area contributed by atoms with E-state index in [0.29, 0.717) is 6.42 Å². The first kappa shape index (κ1) is 10.7. The number of hydrogen-bond acceptors (Lipinski definition) is 3. The predicted molar refractivity (Wildman–Crippen MR) is 54.4 cm³/mol. The van der Waals surface area contributed by atoms with Crippen molar-refractivity contribution in [3.05, 3.63) is 18.0 Å². The van der Waals surface area contributed by atoms with Crippen LogP contribution in [0.5, 0.6) is 0 Å². The minimum Gasteiger partial charge on any atom is -0.481 e. The molecule has 0 saturated heterocycles. The van der Waals surface area contributed by atoms with Gasteiger partial charge in [-0.25, -0.2) is 0 Å². The lowest BCUT2D eigenvalue weighted by Gasteiger charge is -2.11. The highest BCUT2D eigenvalue weighted by Crippen LogP contribution is 2.39. The fourth-order valence-electron chi connectivity index (χ4n) is 1.66. The van der Waals surface area contributed by atoms with E-state index >= 15 is 0 Å². The third kappa shape index (κ3) is 2.05. The Kier molecular flexibility index (Phi) is 2.64. The summed E-state index contributed by atoms with van der Waals surface area (Å²) in [6.45, 7) is 1.83. The van der Waals surface area contributed by atoms with Crippen LogP contribution in [0.1, 0.15) is 24.9 Å². The average Bonchev–Trinajstić information content (AvgIpc) is 2.85. The molecule has 6 heteroatoms. The Balaban J connectivity index is 1.87. The summed E-state index contributed by atoms with van der Waals surface area (Å²) in [4.78, 5) is 22.2. The molecule has 1 saturated carbocycles. The van der Waals surface area contributed by atoms with Crippen molar-refractivity contribution < 1.29 is 14.7 Å².